The Morgan fingerprint density at radius 3 is 2.56 bits per heavy atom. The number of carbonyl (C=O) groups excluding carboxylic acids is 2. The number of nitrogens with one attached hydrogen (secondary N) is 1. The molecule has 0 aliphatic carbocycles. The Kier molecular flexibility index (Phi) is 5.39. The van der Waals surface area contributed by atoms with Crippen molar-refractivity contribution in [3.8, 4) is 0 Å². The highest BCUT2D eigenvalue weighted by molar-refractivity contribution is 7.88. The third-order valence-electron chi connectivity index (χ3n) is 4.65. The van der Waals surface area contributed by atoms with Crippen LogP contribution in [0.4, 0.5) is 0 Å². The van der Waals surface area contributed by atoms with Gasteiger partial charge in [-0.25, -0.2) is 8.42 Å². The third-order valence-corrected chi connectivity index (χ3v) is 6.50. The standard InChI is InChI=1S/C17H23N3O4S/c21-16-8-7-15(18-16)17(22)19-9-4-10-20(12-11-19)25(23,24)13-14-5-2-1-3-6-14/h1-3,5-6,15H,4,7-13H2,(H,18,21). The fourth-order valence-corrected chi connectivity index (χ4v) is 4.85. The van der Waals surface area contributed by atoms with Crippen LogP contribution in [0.5, 0.6) is 0 Å². The van der Waals surface area contributed by atoms with Gasteiger partial charge in [0, 0.05) is 32.6 Å². The number of rotatable bonds is 4. The van der Waals surface area contributed by atoms with E-state index in [1.54, 1.807) is 17.0 Å². The first kappa shape index (κ1) is 17.9. The maximum Gasteiger partial charge on any atom is 0.245 e. The van der Waals surface area contributed by atoms with Crippen LogP contribution in [0.2, 0.25) is 0 Å². The van der Waals surface area contributed by atoms with Crippen molar-refractivity contribution in [2.45, 2.75) is 31.1 Å². The number of hydrogen-bond acceptors (Lipinski definition) is 4. The minimum absolute atomic E-state index is 0.0273. The average Bonchev–Trinajstić information content (AvgIpc) is 2.86. The molecule has 2 heterocycles. The van der Waals surface area contributed by atoms with E-state index in [0.29, 0.717) is 45.4 Å². The summed E-state index contributed by atoms with van der Waals surface area (Å²) in [5.74, 6) is -0.228. The number of sulfonamides is 1. The SMILES string of the molecule is O=C1CCC(C(=O)N2CCCN(S(=O)(=O)Cc3ccccc3)CC2)N1. The minimum Gasteiger partial charge on any atom is -0.344 e. The van der Waals surface area contributed by atoms with E-state index < -0.39 is 16.1 Å². The van der Waals surface area contributed by atoms with E-state index in [0.717, 1.165) is 5.56 Å². The van der Waals surface area contributed by atoms with Crippen molar-refractivity contribution in [2.24, 2.45) is 0 Å². The molecule has 2 fully saturated rings. The molecule has 0 aromatic heterocycles. The van der Waals surface area contributed by atoms with Crippen molar-refractivity contribution in [1.82, 2.24) is 14.5 Å². The Bertz CT molecular complexity index is 736. The lowest BCUT2D eigenvalue weighted by atomic mass is 10.2. The van der Waals surface area contributed by atoms with E-state index >= 15 is 0 Å². The molecule has 1 atom stereocenters. The Morgan fingerprint density at radius 1 is 1.12 bits per heavy atom. The molecule has 136 valence electrons. The van der Waals surface area contributed by atoms with Crippen molar-refractivity contribution in [3.05, 3.63) is 35.9 Å². The molecular formula is C17H23N3O4S. The highest BCUT2D eigenvalue weighted by Crippen LogP contribution is 2.16. The van der Waals surface area contributed by atoms with Gasteiger partial charge in [0.25, 0.3) is 0 Å². The molecule has 1 aromatic rings. The zero-order valence-electron chi connectivity index (χ0n) is 14.1. The van der Waals surface area contributed by atoms with Gasteiger partial charge in [0.15, 0.2) is 0 Å². The summed E-state index contributed by atoms with van der Waals surface area (Å²) in [4.78, 5) is 25.5. The van der Waals surface area contributed by atoms with Crippen LogP contribution >= 0.6 is 0 Å². The van der Waals surface area contributed by atoms with E-state index in [2.05, 4.69) is 5.32 Å². The lowest BCUT2D eigenvalue weighted by molar-refractivity contribution is -0.134. The highest BCUT2D eigenvalue weighted by Gasteiger charge is 2.33. The van der Waals surface area contributed by atoms with Crippen LogP contribution in [0.3, 0.4) is 0 Å². The number of carbonyl (C=O) groups is 2. The summed E-state index contributed by atoms with van der Waals surface area (Å²) < 4.78 is 26.8. The number of amides is 2. The summed E-state index contributed by atoms with van der Waals surface area (Å²) in [6.07, 6.45) is 1.49. The Hall–Kier alpha value is -1.93. The molecule has 2 saturated heterocycles. The topological polar surface area (TPSA) is 86.8 Å². The second kappa shape index (κ2) is 7.53. The van der Waals surface area contributed by atoms with E-state index in [-0.39, 0.29) is 17.6 Å². The van der Waals surface area contributed by atoms with E-state index in [4.69, 9.17) is 0 Å². The Morgan fingerprint density at radius 2 is 1.88 bits per heavy atom. The average molecular weight is 365 g/mol. The molecule has 2 amide bonds. The van der Waals surface area contributed by atoms with Crippen LogP contribution in [0.1, 0.15) is 24.8 Å². The van der Waals surface area contributed by atoms with Crippen molar-refractivity contribution in [3.63, 3.8) is 0 Å². The molecule has 1 unspecified atom stereocenters. The first-order valence-corrected chi connectivity index (χ1v) is 10.2. The Labute approximate surface area is 148 Å². The van der Waals surface area contributed by atoms with E-state index in [1.165, 1.54) is 4.31 Å². The quantitative estimate of drug-likeness (QED) is 0.833. The number of hydrogen-bond donors (Lipinski definition) is 1. The maximum atomic E-state index is 12.6. The smallest absolute Gasteiger partial charge is 0.245 e. The molecule has 0 radical (unpaired) electrons. The van der Waals surface area contributed by atoms with Gasteiger partial charge in [0.2, 0.25) is 21.8 Å². The molecule has 0 saturated carbocycles. The number of benzene rings is 1. The summed E-state index contributed by atoms with van der Waals surface area (Å²) in [5, 5.41) is 2.68. The van der Waals surface area contributed by atoms with Gasteiger partial charge in [-0.2, -0.15) is 4.31 Å². The van der Waals surface area contributed by atoms with Crippen LogP contribution in [0, 0.1) is 0 Å². The predicted molar refractivity (Wildman–Crippen MR) is 93.0 cm³/mol. The molecule has 2 aliphatic heterocycles. The summed E-state index contributed by atoms with van der Waals surface area (Å²) in [5.41, 5.74) is 0.758. The first-order valence-electron chi connectivity index (χ1n) is 8.55. The van der Waals surface area contributed by atoms with Gasteiger partial charge >= 0.3 is 0 Å². The summed E-state index contributed by atoms with van der Waals surface area (Å²) in [6, 6.07) is 8.64. The lowest BCUT2D eigenvalue weighted by Crippen LogP contribution is -2.46. The second-order valence-corrected chi connectivity index (χ2v) is 8.45. The fraction of sp³-hybridized carbons (Fsp3) is 0.529. The zero-order chi connectivity index (χ0) is 17.9. The molecule has 7 nitrogen and oxygen atoms in total. The molecule has 0 spiro atoms. The van der Waals surface area contributed by atoms with Gasteiger partial charge in [0.1, 0.15) is 6.04 Å². The molecule has 0 bridgehead atoms. The van der Waals surface area contributed by atoms with Crippen LogP contribution in [-0.4, -0.2) is 61.7 Å². The second-order valence-electron chi connectivity index (χ2n) is 6.48. The first-order chi connectivity index (χ1) is 12.0. The summed E-state index contributed by atoms with van der Waals surface area (Å²) in [7, 11) is -3.41. The molecule has 25 heavy (non-hydrogen) atoms. The van der Waals surface area contributed by atoms with Crippen LogP contribution in [0.25, 0.3) is 0 Å². The monoisotopic (exact) mass is 365 g/mol. The van der Waals surface area contributed by atoms with Gasteiger partial charge in [-0.05, 0) is 18.4 Å². The van der Waals surface area contributed by atoms with Crippen molar-refractivity contribution in [2.75, 3.05) is 26.2 Å². The normalized spacial score (nSPS) is 22.5. The lowest BCUT2D eigenvalue weighted by Gasteiger charge is -2.24. The van der Waals surface area contributed by atoms with E-state index in [1.807, 2.05) is 18.2 Å². The highest BCUT2D eigenvalue weighted by atomic mass is 32.2. The van der Waals surface area contributed by atoms with Gasteiger partial charge in [0.05, 0.1) is 5.75 Å². The van der Waals surface area contributed by atoms with Crippen molar-refractivity contribution in [1.29, 1.82) is 0 Å². The van der Waals surface area contributed by atoms with Gasteiger partial charge in [-0.1, -0.05) is 30.3 Å². The zero-order valence-corrected chi connectivity index (χ0v) is 14.9. The van der Waals surface area contributed by atoms with Gasteiger partial charge in [-0.3, -0.25) is 9.59 Å². The van der Waals surface area contributed by atoms with Gasteiger partial charge in [-0.15, -0.1) is 0 Å². The fourth-order valence-electron chi connectivity index (χ4n) is 3.29. The van der Waals surface area contributed by atoms with E-state index in [9.17, 15) is 18.0 Å². The molecule has 3 rings (SSSR count). The molecule has 8 heteroatoms. The predicted octanol–water partition coefficient (Wildman–Crippen LogP) is 0.329. The van der Waals surface area contributed by atoms with Crippen LogP contribution in [-0.2, 0) is 25.4 Å². The Balaban J connectivity index is 1.61. The third kappa shape index (κ3) is 4.38. The molecule has 1 N–H and O–H groups in total. The molecular weight excluding hydrogens is 342 g/mol. The number of nitrogens with zero attached hydrogens (tertiary/aromatic N) is 2. The van der Waals surface area contributed by atoms with Crippen LogP contribution < -0.4 is 5.32 Å². The maximum absolute atomic E-state index is 12.6. The van der Waals surface area contributed by atoms with Crippen molar-refractivity contribution < 1.29 is 18.0 Å². The minimum atomic E-state index is -3.41. The van der Waals surface area contributed by atoms with Crippen molar-refractivity contribution >= 4 is 21.8 Å². The summed E-state index contributed by atoms with van der Waals surface area (Å²) >= 11 is 0. The molecule has 1 aromatic carbocycles. The molecule has 2 aliphatic rings. The van der Waals surface area contributed by atoms with Crippen LogP contribution in [0.15, 0.2) is 30.3 Å². The summed E-state index contributed by atoms with van der Waals surface area (Å²) in [6.45, 7) is 1.58. The van der Waals surface area contributed by atoms with Gasteiger partial charge < -0.3 is 10.2 Å². The largest absolute Gasteiger partial charge is 0.344 e.